The molecule has 8 nitrogen and oxygen atoms in total. The molecule has 0 atom stereocenters. The number of hydrogen-bond acceptors (Lipinski definition) is 6. The molecule has 0 spiro atoms. The fraction of sp³-hybridized carbons (Fsp3) is 0. The summed E-state index contributed by atoms with van der Waals surface area (Å²) >= 11 is 1.70. The van der Waals surface area contributed by atoms with E-state index in [9.17, 15) is 4.79 Å². The average molecular weight is 514 g/mol. The predicted molar refractivity (Wildman–Crippen MR) is 150 cm³/mol. The summed E-state index contributed by atoms with van der Waals surface area (Å²) in [7, 11) is 0. The summed E-state index contributed by atoms with van der Waals surface area (Å²) in [6.07, 6.45) is 5.16. The van der Waals surface area contributed by atoms with Crippen molar-refractivity contribution in [3.63, 3.8) is 0 Å². The summed E-state index contributed by atoms with van der Waals surface area (Å²) in [4.78, 5) is 31.0. The van der Waals surface area contributed by atoms with Crippen LogP contribution in [0.1, 0.15) is 10.4 Å². The van der Waals surface area contributed by atoms with Crippen LogP contribution in [0, 0.1) is 0 Å². The van der Waals surface area contributed by atoms with Crippen LogP contribution in [-0.2, 0) is 0 Å². The third kappa shape index (κ3) is 3.91. The Labute approximate surface area is 220 Å². The number of aromatic nitrogens is 6. The van der Waals surface area contributed by atoms with Crippen molar-refractivity contribution in [3.05, 3.63) is 102 Å². The van der Waals surface area contributed by atoms with Crippen molar-refractivity contribution in [2.45, 2.75) is 0 Å². The Morgan fingerprint density at radius 1 is 0.947 bits per heavy atom. The van der Waals surface area contributed by atoms with Crippen LogP contribution in [-0.4, -0.2) is 36.0 Å². The van der Waals surface area contributed by atoms with Gasteiger partial charge in [0.05, 0.1) is 28.8 Å². The molecule has 1 amide bonds. The van der Waals surface area contributed by atoms with Gasteiger partial charge in [-0.1, -0.05) is 24.3 Å². The molecule has 38 heavy (non-hydrogen) atoms. The van der Waals surface area contributed by atoms with Crippen LogP contribution in [0.15, 0.2) is 96.8 Å². The summed E-state index contributed by atoms with van der Waals surface area (Å²) < 4.78 is 0. The van der Waals surface area contributed by atoms with Gasteiger partial charge in [0.1, 0.15) is 16.9 Å². The maximum atomic E-state index is 12.6. The van der Waals surface area contributed by atoms with E-state index < -0.39 is 0 Å². The first kappa shape index (κ1) is 22.1. The number of H-pyrrole nitrogens is 2. The zero-order valence-electron chi connectivity index (χ0n) is 19.8. The Morgan fingerprint density at radius 3 is 2.74 bits per heavy atom. The highest BCUT2D eigenvalue weighted by Crippen LogP contribution is 2.35. The summed E-state index contributed by atoms with van der Waals surface area (Å²) in [5, 5.41) is 13.7. The number of amides is 1. The number of thiophene rings is 1. The molecule has 0 bridgehead atoms. The zero-order valence-corrected chi connectivity index (χ0v) is 20.7. The molecule has 0 fully saturated rings. The van der Waals surface area contributed by atoms with Crippen molar-refractivity contribution in [2.24, 2.45) is 0 Å². The van der Waals surface area contributed by atoms with E-state index in [1.807, 2.05) is 54.7 Å². The first-order valence-corrected chi connectivity index (χ1v) is 12.8. The van der Waals surface area contributed by atoms with Gasteiger partial charge in [-0.05, 0) is 53.9 Å². The van der Waals surface area contributed by atoms with Crippen LogP contribution >= 0.6 is 11.3 Å². The van der Waals surface area contributed by atoms with E-state index in [2.05, 4.69) is 48.0 Å². The number of benzene rings is 1. The predicted octanol–water partition coefficient (Wildman–Crippen LogP) is 6.54. The number of rotatable bonds is 5. The molecule has 7 aromatic rings. The van der Waals surface area contributed by atoms with Crippen LogP contribution in [0.2, 0.25) is 0 Å². The van der Waals surface area contributed by atoms with Crippen molar-refractivity contribution < 1.29 is 4.79 Å². The minimum Gasteiger partial charge on any atom is -0.338 e. The lowest BCUT2D eigenvalue weighted by Crippen LogP contribution is -2.11. The van der Waals surface area contributed by atoms with Gasteiger partial charge in [0.2, 0.25) is 0 Å². The first-order chi connectivity index (χ1) is 18.7. The van der Waals surface area contributed by atoms with Gasteiger partial charge in [-0.3, -0.25) is 14.9 Å². The van der Waals surface area contributed by atoms with E-state index in [4.69, 9.17) is 4.98 Å². The van der Waals surface area contributed by atoms with Crippen molar-refractivity contribution in [1.82, 2.24) is 30.1 Å². The third-order valence-corrected chi connectivity index (χ3v) is 7.21. The van der Waals surface area contributed by atoms with E-state index >= 15 is 0 Å². The van der Waals surface area contributed by atoms with Gasteiger partial charge in [-0.15, -0.1) is 11.3 Å². The molecule has 6 heterocycles. The minimum atomic E-state index is -0.195. The molecule has 0 saturated carbocycles. The molecule has 0 unspecified atom stereocenters. The molecule has 0 radical (unpaired) electrons. The first-order valence-electron chi connectivity index (χ1n) is 11.9. The second-order valence-corrected chi connectivity index (χ2v) is 9.68. The number of anilines is 1. The maximum absolute atomic E-state index is 12.6. The highest BCUT2D eigenvalue weighted by molar-refractivity contribution is 7.13. The van der Waals surface area contributed by atoms with Crippen LogP contribution in [0.25, 0.3) is 55.2 Å². The van der Waals surface area contributed by atoms with Gasteiger partial charge >= 0.3 is 0 Å². The van der Waals surface area contributed by atoms with E-state index in [0.717, 1.165) is 44.6 Å². The molecule has 3 N–H and O–H groups in total. The third-order valence-electron chi connectivity index (χ3n) is 6.31. The summed E-state index contributed by atoms with van der Waals surface area (Å²) in [6.45, 7) is 0. The SMILES string of the molecule is O=C(Nc1cncc(-c2ccc3[nH]nc(-c4cc5c(-c6cccs6)ccnc5[nH]4)c3n2)c1)c1ccccc1. The normalized spacial score (nSPS) is 11.3. The summed E-state index contributed by atoms with van der Waals surface area (Å²) in [6, 6.07) is 23.0. The topological polar surface area (TPSA) is 112 Å². The van der Waals surface area contributed by atoms with E-state index in [0.29, 0.717) is 16.9 Å². The second kappa shape index (κ2) is 9.06. The molecule has 0 saturated heterocycles. The van der Waals surface area contributed by atoms with Crippen LogP contribution in [0.3, 0.4) is 0 Å². The molecule has 7 rings (SSSR count). The largest absolute Gasteiger partial charge is 0.338 e. The highest BCUT2D eigenvalue weighted by atomic mass is 32.1. The van der Waals surface area contributed by atoms with Crippen molar-refractivity contribution in [2.75, 3.05) is 5.32 Å². The number of pyridine rings is 3. The number of carbonyl (C=O) groups is 1. The molecule has 6 aromatic heterocycles. The van der Waals surface area contributed by atoms with E-state index in [-0.39, 0.29) is 5.91 Å². The lowest BCUT2D eigenvalue weighted by Gasteiger charge is -2.07. The second-order valence-electron chi connectivity index (χ2n) is 8.73. The van der Waals surface area contributed by atoms with E-state index in [1.54, 1.807) is 35.9 Å². The number of aromatic amines is 2. The molecule has 0 aliphatic carbocycles. The number of nitrogens with one attached hydrogen (secondary N) is 3. The Bertz CT molecular complexity index is 1920. The standard InChI is InChI=1S/C29H19N7OS/c37-29(17-5-2-1-3-6-17)32-19-13-18(15-30-16-19)22-8-9-23-26(33-22)27(36-35-23)24-14-21-20(25-7-4-12-38-25)10-11-31-28(21)34-24/h1-16H,(H,31,34)(H,32,37)(H,35,36). The lowest BCUT2D eigenvalue weighted by molar-refractivity contribution is 0.102. The highest BCUT2D eigenvalue weighted by Gasteiger charge is 2.16. The molecule has 1 aromatic carbocycles. The Kier molecular flexibility index (Phi) is 5.26. The molecule has 9 heteroatoms. The van der Waals surface area contributed by atoms with Crippen molar-refractivity contribution >= 4 is 45.0 Å². The number of fused-ring (bicyclic) bond motifs is 2. The van der Waals surface area contributed by atoms with Gasteiger partial charge in [-0.25, -0.2) is 9.97 Å². The summed E-state index contributed by atoms with van der Waals surface area (Å²) in [5.74, 6) is -0.195. The minimum absolute atomic E-state index is 0.195. The fourth-order valence-electron chi connectivity index (χ4n) is 4.49. The monoisotopic (exact) mass is 513 g/mol. The van der Waals surface area contributed by atoms with Crippen molar-refractivity contribution in [3.8, 4) is 33.1 Å². The average Bonchev–Trinajstić information content (AvgIpc) is 3.73. The maximum Gasteiger partial charge on any atom is 0.255 e. The lowest BCUT2D eigenvalue weighted by atomic mass is 10.1. The van der Waals surface area contributed by atoms with Crippen LogP contribution in [0.4, 0.5) is 5.69 Å². The molecule has 182 valence electrons. The van der Waals surface area contributed by atoms with E-state index in [1.165, 1.54) is 4.88 Å². The Morgan fingerprint density at radius 2 is 1.87 bits per heavy atom. The molecular weight excluding hydrogens is 494 g/mol. The Hall–Kier alpha value is -5.15. The van der Waals surface area contributed by atoms with Gasteiger partial charge < -0.3 is 10.3 Å². The van der Waals surface area contributed by atoms with Gasteiger partial charge in [0.15, 0.2) is 0 Å². The quantitative estimate of drug-likeness (QED) is 0.242. The number of nitrogens with zero attached hydrogens (tertiary/aromatic N) is 4. The van der Waals surface area contributed by atoms with Crippen molar-refractivity contribution in [1.29, 1.82) is 0 Å². The zero-order chi connectivity index (χ0) is 25.5. The van der Waals surface area contributed by atoms with Gasteiger partial charge in [0, 0.05) is 39.3 Å². The molecular formula is C29H19N7OS. The molecule has 0 aliphatic heterocycles. The smallest absolute Gasteiger partial charge is 0.255 e. The van der Waals surface area contributed by atoms with Crippen LogP contribution in [0.5, 0.6) is 0 Å². The number of hydrogen-bond donors (Lipinski definition) is 3. The van der Waals surface area contributed by atoms with Gasteiger partial charge in [0.25, 0.3) is 5.91 Å². The van der Waals surface area contributed by atoms with Crippen LogP contribution < -0.4 is 5.32 Å². The number of carbonyl (C=O) groups excluding carboxylic acids is 1. The van der Waals surface area contributed by atoms with Gasteiger partial charge in [-0.2, -0.15) is 5.10 Å². The summed E-state index contributed by atoms with van der Waals surface area (Å²) in [5.41, 5.74) is 7.67. The molecule has 0 aliphatic rings. The Balaban J connectivity index is 1.25. The fourth-order valence-corrected chi connectivity index (χ4v) is 5.26.